The van der Waals surface area contributed by atoms with E-state index in [4.69, 9.17) is 16.3 Å². The molecule has 1 aromatic heterocycles. The summed E-state index contributed by atoms with van der Waals surface area (Å²) in [5.41, 5.74) is 3.29. The number of halogens is 1. The van der Waals surface area contributed by atoms with Crippen molar-refractivity contribution in [2.75, 3.05) is 23.0 Å². The third-order valence-electron chi connectivity index (χ3n) is 4.59. The van der Waals surface area contributed by atoms with E-state index in [1.54, 1.807) is 30.3 Å². The zero-order chi connectivity index (χ0) is 23.2. The van der Waals surface area contributed by atoms with Gasteiger partial charge in [-0.1, -0.05) is 53.7 Å². The van der Waals surface area contributed by atoms with Crippen LogP contribution in [0.3, 0.4) is 0 Å². The van der Waals surface area contributed by atoms with Crippen molar-refractivity contribution in [3.63, 3.8) is 0 Å². The maximum atomic E-state index is 12.3. The van der Waals surface area contributed by atoms with Gasteiger partial charge in [-0.25, -0.2) is 4.98 Å². The minimum Gasteiger partial charge on any atom is -0.482 e. The van der Waals surface area contributed by atoms with Crippen molar-refractivity contribution in [2.24, 2.45) is 0 Å². The van der Waals surface area contributed by atoms with Crippen LogP contribution < -0.4 is 15.4 Å². The Hall–Kier alpha value is -3.07. The summed E-state index contributed by atoms with van der Waals surface area (Å²) in [6.07, 6.45) is 0. The van der Waals surface area contributed by atoms with Gasteiger partial charge in [0.25, 0.3) is 5.91 Å². The van der Waals surface area contributed by atoms with Crippen LogP contribution in [0, 0.1) is 6.92 Å². The number of carbonyl (C=O) groups excluding carboxylic acids is 2. The van der Waals surface area contributed by atoms with Gasteiger partial charge in [0.2, 0.25) is 5.91 Å². The predicted molar refractivity (Wildman–Crippen MR) is 136 cm³/mol. The molecule has 0 saturated heterocycles. The predicted octanol–water partition coefficient (Wildman–Crippen LogP) is 6.01. The van der Waals surface area contributed by atoms with E-state index in [1.165, 1.54) is 23.1 Å². The smallest absolute Gasteiger partial charge is 0.262 e. The fourth-order valence-electron chi connectivity index (χ4n) is 2.97. The van der Waals surface area contributed by atoms with E-state index in [1.807, 2.05) is 43.3 Å². The van der Waals surface area contributed by atoms with Gasteiger partial charge >= 0.3 is 0 Å². The second kappa shape index (κ2) is 10.7. The lowest BCUT2D eigenvalue weighted by Gasteiger charge is -2.08. The number of thiazole rings is 1. The van der Waals surface area contributed by atoms with Gasteiger partial charge in [0.05, 0.1) is 21.0 Å². The van der Waals surface area contributed by atoms with Crippen LogP contribution in [0.4, 0.5) is 11.4 Å². The Morgan fingerprint density at radius 1 is 1.03 bits per heavy atom. The first-order chi connectivity index (χ1) is 16.0. The maximum absolute atomic E-state index is 12.3. The Bertz CT molecular complexity index is 1310. The van der Waals surface area contributed by atoms with Gasteiger partial charge in [0.1, 0.15) is 5.75 Å². The first-order valence-corrected chi connectivity index (χ1v) is 12.2. The molecule has 4 aromatic rings. The monoisotopic (exact) mass is 497 g/mol. The molecule has 0 bridgehead atoms. The largest absolute Gasteiger partial charge is 0.482 e. The molecule has 0 unspecified atom stereocenters. The van der Waals surface area contributed by atoms with Gasteiger partial charge in [-0.05, 0) is 48.9 Å². The summed E-state index contributed by atoms with van der Waals surface area (Å²) < 4.78 is 7.18. The highest BCUT2D eigenvalue weighted by Crippen LogP contribution is 2.31. The van der Waals surface area contributed by atoms with Gasteiger partial charge in [-0.2, -0.15) is 0 Å². The Morgan fingerprint density at radius 2 is 1.82 bits per heavy atom. The standard InChI is InChI=1S/C24H20ClN3O3S2/c1-15-6-2-4-8-18(15)27-23(30)14-32-24-28-19-11-10-16(12-21(19)33-24)26-22(29)13-31-20-9-5-3-7-17(20)25/h2-12H,13-14H2,1H3,(H,26,29)(H,27,30). The van der Waals surface area contributed by atoms with E-state index in [9.17, 15) is 9.59 Å². The van der Waals surface area contributed by atoms with Crippen molar-refractivity contribution in [3.8, 4) is 5.75 Å². The van der Waals surface area contributed by atoms with E-state index < -0.39 is 0 Å². The third kappa shape index (κ3) is 6.25. The number of amides is 2. The number of rotatable bonds is 8. The molecule has 0 aliphatic carbocycles. The molecule has 1 heterocycles. The number of carbonyl (C=O) groups is 2. The number of aromatic nitrogens is 1. The number of anilines is 2. The summed E-state index contributed by atoms with van der Waals surface area (Å²) in [4.78, 5) is 29.1. The molecule has 0 aliphatic rings. The first kappa shape index (κ1) is 23.1. The quantitative estimate of drug-likeness (QED) is 0.291. The second-order valence-electron chi connectivity index (χ2n) is 7.08. The lowest BCUT2D eigenvalue weighted by molar-refractivity contribution is -0.118. The Balaban J connectivity index is 1.32. The third-order valence-corrected chi connectivity index (χ3v) is 7.07. The Kier molecular flexibility index (Phi) is 7.49. The number of thioether (sulfide) groups is 1. The van der Waals surface area contributed by atoms with Gasteiger partial charge < -0.3 is 15.4 Å². The highest BCUT2D eigenvalue weighted by molar-refractivity contribution is 8.01. The van der Waals surface area contributed by atoms with Crippen molar-refractivity contribution in [2.45, 2.75) is 11.3 Å². The highest BCUT2D eigenvalue weighted by Gasteiger charge is 2.11. The van der Waals surface area contributed by atoms with Crippen molar-refractivity contribution < 1.29 is 14.3 Å². The summed E-state index contributed by atoms with van der Waals surface area (Å²) in [5, 5.41) is 6.19. The molecule has 2 N–H and O–H groups in total. The molecular formula is C24H20ClN3O3S2. The molecule has 4 rings (SSSR count). The first-order valence-electron chi connectivity index (χ1n) is 10.0. The molecule has 33 heavy (non-hydrogen) atoms. The number of hydrogen-bond acceptors (Lipinski definition) is 6. The maximum Gasteiger partial charge on any atom is 0.262 e. The number of nitrogens with zero attached hydrogens (tertiary/aromatic N) is 1. The van der Waals surface area contributed by atoms with Crippen LogP contribution in [0.25, 0.3) is 10.2 Å². The number of para-hydroxylation sites is 2. The molecule has 6 nitrogen and oxygen atoms in total. The molecule has 2 amide bonds. The number of aryl methyl sites for hydroxylation is 1. The zero-order valence-electron chi connectivity index (χ0n) is 17.6. The number of hydrogen-bond donors (Lipinski definition) is 2. The topological polar surface area (TPSA) is 80.3 Å². The van der Waals surface area contributed by atoms with Gasteiger partial charge in [-0.3, -0.25) is 9.59 Å². The second-order valence-corrected chi connectivity index (χ2v) is 9.74. The summed E-state index contributed by atoms with van der Waals surface area (Å²) in [6.45, 7) is 1.80. The van der Waals surface area contributed by atoms with Crippen LogP contribution in [0.2, 0.25) is 5.02 Å². The molecule has 0 radical (unpaired) electrons. The van der Waals surface area contributed by atoms with Crippen molar-refractivity contribution >= 4 is 68.1 Å². The van der Waals surface area contributed by atoms with Crippen LogP contribution >= 0.6 is 34.7 Å². The summed E-state index contributed by atoms with van der Waals surface area (Å²) in [7, 11) is 0. The molecule has 9 heteroatoms. The lowest BCUT2D eigenvalue weighted by atomic mass is 10.2. The molecular weight excluding hydrogens is 478 g/mol. The highest BCUT2D eigenvalue weighted by atomic mass is 35.5. The molecule has 0 saturated carbocycles. The molecule has 0 fully saturated rings. The lowest BCUT2D eigenvalue weighted by Crippen LogP contribution is -2.20. The van der Waals surface area contributed by atoms with Crippen LogP contribution in [0.15, 0.2) is 71.1 Å². The SMILES string of the molecule is Cc1ccccc1NC(=O)CSc1nc2ccc(NC(=O)COc3ccccc3Cl)cc2s1. The van der Waals surface area contributed by atoms with Gasteiger partial charge in [0, 0.05) is 11.4 Å². The number of fused-ring (bicyclic) bond motifs is 1. The summed E-state index contributed by atoms with van der Waals surface area (Å²) >= 11 is 8.89. The van der Waals surface area contributed by atoms with Crippen LogP contribution in [0.1, 0.15) is 5.56 Å². The normalized spacial score (nSPS) is 10.7. The van der Waals surface area contributed by atoms with E-state index in [0.29, 0.717) is 16.5 Å². The van der Waals surface area contributed by atoms with Crippen molar-refractivity contribution in [1.29, 1.82) is 0 Å². The van der Waals surface area contributed by atoms with E-state index >= 15 is 0 Å². The van der Waals surface area contributed by atoms with E-state index in [-0.39, 0.29) is 24.2 Å². The van der Waals surface area contributed by atoms with Crippen LogP contribution in [-0.2, 0) is 9.59 Å². The molecule has 0 aliphatic heterocycles. The van der Waals surface area contributed by atoms with E-state index in [2.05, 4.69) is 15.6 Å². The molecule has 0 atom stereocenters. The zero-order valence-corrected chi connectivity index (χ0v) is 20.0. The summed E-state index contributed by atoms with van der Waals surface area (Å²) in [5.74, 6) is 0.346. The molecule has 3 aromatic carbocycles. The Labute approximate surface area is 204 Å². The van der Waals surface area contributed by atoms with Gasteiger partial charge in [-0.15, -0.1) is 11.3 Å². The number of nitrogens with one attached hydrogen (secondary N) is 2. The average Bonchev–Trinajstić information content (AvgIpc) is 3.21. The minimum atomic E-state index is -0.291. The number of benzene rings is 3. The van der Waals surface area contributed by atoms with Gasteiger partial charge in [0.15, 0.2) is 10.9 Å². The average molecular weight is 498 g/mol. The van der Waals surface area contributed by atoms with E-state index in [0.717, 1.165) is 25.8 Å². The number of ether oxygens (including phenoxy) is 1. The fraction of sp³-hybridized carbons (Fsp3) is 0.125. The van der Waals surface area contributed by atoms with Crippen LogP contribution in [0.5, 0.6) is 5.75 Å². The summed E-state index contributed by atoms with van der Waals surface area (Å²) in [6, 6.07) is 20.1. The molecule has 0 spiro atoms. The van der Waals surface area contributed by atoms with Crippen molar-refractivity contribution in [1.82, 2.24) is 4.98 Å². The molecule has 168 valence electrons. The van der Waals surface area contributed by atoms with Crippen LogP contribution in [-0.4, -0.2) is 29.2 Å². The minimum absolute atomic E-state index is 0.0833. The fourth-order valence-corrected chi connectivity index (χ4v) is 5.07. The Morgan fingerprint density at radius 3 is 2.64 bits per heavy atom. The van der Waals surface area contributed by atoms with Crippen molar-refractivity contribution in [3.05, 3.63) is 77.3 Å².